The average Bonchev–Trinajstić information content (AvgIpc) is 2.43. The highest BCUT2D eigenvalue weighted by atomic mass is 79.9. The van der Waals surface area contributed by atoms with E-state index in [0.717, 1.165) is 26.6 Å². The van der Waals surface area contributed by atoms with Gasteiger partial charge < -0.3 is 5.32 Å². The third-order valence-corrected chi connectivity index (χ3v) is 4.65. The van der Waals surface area contributed by atoms with E-state index in [4.69, 9.17) is 0 Å². The Labute approximate surface area is 135 Å². The fourth-order valence-corrected chi connectivity index (χ4v) is 3.02. The Balaban J connectivity index is 2.56. The molecular weight excluding hydrogens is 385 g/mol. The van der Waals surface area contributed by atoms with E-state index in [1.807, 2.05) is 38.1 Å². The summed E-state index contributed by atoms with van der Waals surface area (Å²) in [7, 11) is 0. The van der Waals surface area contributed by atoms with Gasteiger partial charge in [-0.15, -0.1) is 0 Å². The normalized spacial score (nSPS) is 12.4. The minimum absolute atomic E-state index is 0.157. The van der Waals surface area contributed by atoms with E-state index in [2.05, 4.69) is 37.2 Å². The summed E-state index contributed by atoms with van der Waals surface area (Å²) < 4.78 is 16.1. The molecule has 0 heterocycles. The van der Waals surface area contributed by atoms with Crippen LogP contribution in [0.5, 0.6) is 0 Å². The zero-order valence-electron chi connectivity index (χ0n) is 11.4. The molecule has 20 heavy (non-hydrogen) atoms. The minimum Gasteiger partial charge on any atom is -0.306 e. The fourth-order valence-electron chi connectivity index (χ4n) is 2.26. The molecular formula is C16H16Br2FN. The van der Waals surface area contributed by atoms with E-state index < -0.39 is 0 Å². The van der Waals surface area contributed by atoms with Gasteiger partial charge in [0.25, 0.3) is 0 Å². The molecule has 0 aromatic heterocycles. The van der Waals surface area contributed by atoms with Crippen LogP contribution < -0.4 is 5.32 Å². The highest BCUT2D eigenvalue weighted by Gasteiger charge is 2.19. The van der Waals surface area contributed by atoms with E-state index in [1.54, 1.807) is 6.07 Å². The van der Waals surface area contributed by atoms with Crippen molar-refractivity contribution in [1.82, 2.24) is 5.32 Å². The van der Waals surface area contributed by atoms with E-state index in [1.165, 1.54) is 6.07 Å². The van der Waals surface area contributed by atoms with Crippen LogP contribution in [-0.4, -0.2) is 6.54 Å². The van der Waals surface area contributed by atoms with Crippen molar-refractivity contribution in [2.75, 3.05) is 6.54 Å². The Bertz CT molecular complexity index is 611. The van der Waals surface area contributed by atoms with Gasteiger partial charge in [0.15, 0.2) is 0 Å². The zero-order valence-corrected chi connectivity index (χ0v) is 14.6. The van der Waals surface area contributed by atoms with Crippen molar-refractivity contribution in [2.45, 2.75) is 19.9 Å². The molecule has 1 N–H and O–H groups in total. The third-order valence-electron chi connectivity index (χ3n) is 3.30. The van der Waals surface area contributed by atoms with Gasteiger partial charge in [-0.3, -0.25) is 0 Å². The van der Waals surface area contributed by atoms with Gasteiger partial charge in [0, 0.05) is 14.5 Å². The van der Waals surface area contributed by atoms with Crippen LogP contribution in [0.2, 0.25) is 0 Å². The molecule has 0 radical (unpaired) electrons. The summed E-state index contributed by atoms with van der Waals surface area (Å²) in [6.07, 6.45) is 0. The molecule has 0 saturated carbocycles. The molecule has 2 aromatic carbocycles. The number of rotatable bonds is 4. The molecule has 0 fully saturated rings. The van der Waals surface area contributed by atoms with Gasteiger partial charge in [-0.1, -0.05) is 50.9 Å². The number of nitrogens with one attached hydrogen (secondary N) is 1. The van der Waals surface area contributed by atoms with Crippen molar-refractivity contribution >= 4 is 31.9 Å². The number of halogens is 3. The topological polar surface area (TPSA) is 12.0 Å². The average molecular weight is 401 g/mol. The van der Waals surface area contributed by atoms with Crippen LogP contribution in [0.4, 0.5) is 4.39 Å². The highest BCUT2D eigenvalue weighted by Crippen LogP contribution is 2.31. The second-order valence-corrected chi connectivity index (χ2v) is 6.38. The lowest BCUT2D eigenvalue weighted by molar-refractivity contribution is 0.557. The van der Waals surface area contributed by atoms with Gasteiger partial charge in [-0.05, 0) is 48.9 Å². The zero-order chi connectivity index (χ0) is 14.7. The lowest BCUT2D eigenvalue weighted by Gasteiger charge is -2.22. The van der Waals surface area contributed by atoms with E-state index in [0.29, 0.717) is 5.56 Å². The summed E-state index contributed by atoms with van der Waals surface area (Å²) in [6, 6.07) is 10.9. The van der Waals surface area contributed by atoms with Gasteiger partial charge in [0.1, 0.15) is 5.82 Å². The predicted octanol–water partition coefficient (Wildman–Crippen LogP) is 5.36. The number of hydrogen-bond acceptors (Lipinski definition) is 1. The van der Waals surface area contributed by atoms with Gasteiger partial charge >= 0.3 is 0 Å². The lowest BCUT2D eigenvalue weighted by atomic mass is 9.94. The maximum atomic E-state index is 14.2. The lowest BCUT2D eigenvalue weighted by Crippen LogP contribution is -2.24. The molecule has 0 aliphatic heterocycles. The largest absolute Gasteiger partial charge is 0.306 e. The van der Waals surface area contributed by atoms with Crippen LogP contribution in [-0.2, 0) is 0 Å². The second kappa shape index (κ2) is 6.83. The third kappa shape index (κ3) is 3.30. The molecule has 1 atom stereocenters. The van der Waals surface area contributed by atoms with Crippen molar-refractivity contribution in [2.24, 2.45) is 0 Å². The number of hydrogen-bond donors (Lipinski definition) is 1. The molecule has 0 saturated heterocycles. The first kappa shape index (κ1) is 15.7. The molecule has 1 nitrogen and oxygen atoms in total. The van der Waals surface area contributed by atoms with Crippen LogP contribution in [0.15, 0.2) is 45.3 Å². The molecule has 4 heteroatoms. The molecule has 0 bridgehead atoms. The van der Waals surface area contributed by atoms with Gasteiger partial charge in [0.2, 0.25) is 0 Å². The molecule has 0 amide bonds. The summed E-state index contributed by atoms with van der Waals surface area (Å²) in [6.45, 7) is 4.83. The van der Waals surface area contributed by atoms with Crippen LogP contribution in [0.25, 0.3) is 0 Å². The van der Waals surface area contributed by atoms with Gasteiger partial charge in [-0.25, -0.2) is 4.39 Å². The van der Waals surface area contributed by atoms with Crippen LogP contribution >= 0.6 is 31.9 Å². The Morgan fingerprint density at radius 3 is 2.60 bits per heavy atom. The summed E-state index contributed by atoms with van der Waals surface area (Å²) in [5.74, 6) is -0.196. The molecule has 0 aliphatic carbocycles. The maximum absolute atomic E-state index is 14.2. The molecule has 1 unspecified atom stereocenters. The van der Waals surface area contributed by atoms with Crippen LogP contribution in [0.3, 0.4) is 0 Å². The van der Waals surface area contributed by atoms with Crippen molar-refractivity contribution in [3.05, 3.63) is 67.9 Å². The van der Waals surface area contributed by atoms with Crippen molar-refractivity contribution < 1.29 is 4.39 Å². The van der Waals surface area contributed by atoms with E-state index >= 15 is 0 Å². The van der Waals surface area contributed by atoms with E-state index in [-0.39, 0.29) is 11.9 Å². The first-order valence-corrected chi connectivity index (χ1v) is 8.06. The smallest absolute Gasteiger partial charge is 0.128 e. The Morgan fingerprint density at radius 1 is 1.15 bits per heavy atom. The Morgan fingerprint density at radius 2 is 1.90 bits per heavy atom. The molecule has 106 valence electrons. The molecule has 2 aromatic rings. The first-order chi connectivity index (χ1) is 9.54. The van der Waals surface area contributed by atoms with Crippen molar-refractivity contribution in [1.29, 1.82) is 0 Å². The fraction of sp³-hybridized carbons (Fsp3) is 0.250. The van der Waals surface area contributed by atoms with Gasteiger partial charge in [0.05, 0.1) is 6.04 Å². The second-order valence-electron chi connectivity index (χ2n) is 4.61. The quantitative estimate of drug-likeness (QED) is 0.728. The summed E-state index contributed by atoms with van der Waals surface area (Å²) >= 11 is 6.96. The molecule has 2 rings (SSSR count). The maximum Gasteiger partial charge on any atom is 0.128 e. The number of benzene rings is 2. The monoisotopic (exact) mass is 399 g/mol. The van der Waals surface area contributed by atoms with Crippen molar-refractivity contribution in [3.63, 3.8) is 0 Å². The predicted molar refractivity (Wildman–Crippen MR) is 88.5 cm³/mol. The molecule has 0 spiro atoms. The van der Waals surface area contributed by atoms with Crippen LogP contribution in [0, 0.1) is 12.7 Å². The van der Waals surface area contributed by atoms with Crippen molar-refractivity contribution in [3.8, 4) is 0 Å². The van der Waals surface area contributed by atoms with Gasteiger partial charge in [-0.2, -0.15) is 0 Å². The summed E-state index contributed by atoms with van der Waals surface area (Å²) in [4.78, 5) is 0. The highest BCUT2D eigenvalue weighted by molar-refractivity contribution is 9.10. The van der Waals surface area contributed by atoms with E-state index in [9.17, 15) is 4.39 Å². The first-order valence-electron chi connectivity index (χ1n) is 6.48. The Hall–Kier alpha value is -0.710. The molecule has 0 aliphatic rings. The summed E-state index contributed by atoms with van der Waals surface area (Å²) in [5, 5.41) is 3.37. The SMILES string of the molecule is CCNC(c1cc(Br)ccc1F)c1cccc(Br)c1C. The minimum atomic E-state index is -0.196. The summed E-state index contributed by atoms with van der Waals surface area (Å²) in [5.41, 5.74) is 2.86. The van der Waals surface area contributed by atoms with Crippen LogP contribution in [0.1, 0.15) is 29.7 Å². The standard InChI is InChI=1S/C16H16Br2FN/c1-3-20-16(12-5-4-6-14(18)10(12)2)13-9-11(17)7-8-15(13)19/h4-9,16,20H,3H2,1-2H3. The Kier molecular flexibility index (Phi) is 5.35.